The molecule has 1 unspecified atom stereocenters. The van der Waals surface area contributed by atoms with E-state index in [1.165, 1.54) is 29.9 Å². The van der Waals surface area contributed by atoms with Crippen LogP contribution in [0.5, 0.6) is 0 Å². The van der Waals surface area contributed by atoms with Crippen molar-refractivity contribution >= 4 is 27.3 Å². The van der Waals surface area contributed by atoms with Gasteiger partial charge in [-0.05, 0) is 68.0 Å². The van der Waals surface area contributed by atoms with Crippen LogP contribution in [0.15, 0.2) is 42.5 Å². The number of carbonyl (C=O) groups is 1. The second-order valence-electron chi connectivity index (χ2n) is 8.64. The molecular formula is C24H33N3O3S. The van der Waals surface area contributed by atoms with E-state index in [0.717, 1.165) is 30.8 Å². The molecule has 7 heteroatoms. The summed E-state index contributed by atoms with van der Waals surface area (Å²) in [7, 11) is -1.91. The van der Waals surface area contributed by atoms with Gasteiger partial charge in [0, 0.05) is 31.4 Å². The van der Waals surface area contributed by atoms with Crippen molar-refractivity contribution in [3.63, 3.8) is 0 Å². The number of nitrogens with one attached hydrogen (secondary N) is 1. The summed E-state index contributed by atoms with van der Waals surface area (Å²) in [6, 6.07) is 13.4. The Balaban J connectivity index is 1.71. The van der Waals surface area contributed by atoms with Crippen molar-refractivity contribution in [2.75, 3.05) is 35.6 Å². The molecular weight excluding hydrogens is 410 g/mol. The number of amides is 1. The molecule has 1 saturated heterocycles. The summed E-state index contributed by atoms with van der Waals surface area (Å²) >= 11 is 0. The Morgan fingerprint density at radius 1 is 1.13 bits per heavy atom. The molecule has 31 heavy (non-hydrogen) atoms. The quantitative estimate of drug-likeness (QED) is 0.729. The molecule has 3 rings (SSSR count). The highest BCUT2D eigenvalue weighted by Gasteiger charge is 2.20. The lowest BCUT2D eigenvalue weighted by molar-refractivity contribution is 0.0939. The predicted octanol–water partition coefficient (Wildman–Crippen LogP) is 4.12. The standard InChI is InChI=1S/C24H33N3O3S/c1-17-13-15-27(16-14-17)21-11-9-20(10-12-21)19(3)25-24(28)22-7-6-8-23(18(22)2)26(4)31(5,29)30/h6-12,17,19H,13-16H2,1-5H3,(H,25,28). The highest BCUT2D eigenvalue weighted by Crippen LogP contribution is 2.26. The smallest absolute Gasteiger partial charge is 0.252 e. The molecule has 168 valence electrons. The van der Waals surface area contributed by atoms with Gasteiger partial charge in [0.1, 0.15) is 0 Å². The van der Waals surface area contributed by atoms with Crippen molar-refractivity contribution in [2.45, 2.75) is 39.7 Å². The molecule has 1 atom stereocenters. The van der Waals surface area contributed by atoms with Gasteiger partial charge >= 0.3 is 0 Å². The van der Waals surface area contributed by atoms with Crippen LogP contribution in [0.4, 0.5) is 11.4 Å². The molecule has 2 aromatic carbocycles. The van der Waals surface area contributed by atoms with Crippen LogP contribution in [-0.2, 0) is 10.0 Å². The molecule has 2 aromatic rings. The fourth-order valence-electron chi connectivity index (χ4n) is 3.99. The van der Waals surface area contributed by atoms with Crippen molar-refractivity contribution in [1.82, 2.24) is 5.32 Å². The van der Waals surface area contributed by atoms with Crippen molar-refractivity contribution in [2.24, 2.45) is 5.92 Å². The zero-order valence-electron chi connectivity index (χ0n) is 19.1. The van der Waals surface area contributed by atoms with Crippen LogP contribution < -0.4 is 14.5 Å². The second kappa shape index (κ2) is 9.30. The van der Waals surface area contributed by atoms with E-state index in [1.54, 1.807) is 25.1 Å². The van der Waals surface area contributed by atoms with Gasteiger partial charge in [0.05, 0.1) is 18.0 Å². The number of carbonyl (C=O) groups excluding carboxylic acids is 1. The molecule has 1 aliphatic heterocycles. The number of hydrogen-bond donors (Lipinski definition) is 1. The van der Waals surface area contributed by atoms with E-state index >= 15 is 0 Å². The molecule has 1 aliphatic rings. The van der Waals surface area contributed by atoms with Crippen molar-refractivity contribution < 1.29 is 13.2 Å². The number of piperidine rings is 1. The summed E-state index contributed by atoms with van der Waals surface area (Å²) in [4.78, 5) is 15.3. The van der Waals surface area contributed by atoms with E-state index in [0.29, 0.717) is 16.8 Å². The zero-order chi connectivity index (χ0) is 22.8. The third kappa shape index (κ3) is 5.39. The summed E-state index contributed by atoms with van der Waals surface area (Å²) < 4.78 is 25.0. The van der Waals surface area contributed by atoms with Crippen LogP contribution in [0.2, 0.25) is 0 Å². The van der Waals surface area contributed by atoms with Crippen molar-refractivity contribution in [3.8, 4) is 0 Å². The summed E-state index contributed by atoms with van der Waals surface area (Å²) in [6.07, 6.45) is 3.59. The molecule has 1 heterocycles. The Hall–Kier alpha value is -2.54. The first-order valence-electron chi connectivity index (χ1n) is 10.8. The molecule has 0 aromatic heterocycles. The lowest BCUT2D eigenvalue weighted by Crippen LogP contribution is -2.32. The number of hydrogen-bond acceptors (Lipinski definition) is 4. The van der Waals surface area contributed by atoms with Crippen LogP contribution in [0, 0.1) is 12.8 Å². The average Bonchev–Trinajstić information content (AvgIpc) is 2.73. The Labute approximate surface area is 186 Å². The number of nitrogens with zero attached hydrogens (tertiary/aromatic N) is 2. The lowest BCUT2D eigenvalue weighted by Gasteiger charge is -2.32. The molecule has 0 saturated carbocycles. The third-order valence-corrected chi connectivity index (χ3v) is 7.47. The number of benzene rings is 2. The Kier molecular flexibility index (Phi) is 6.94. The minimum atomic E-state index is -3.41. The largest absolute Gasteiger partial charge is 0.372 e. The van der Waals surface area contributed by atoms with Crippen LogP contribution >= 0.6 is 0 Å². The molecule has 1 amide bonds. The average molecular weight is 444 g/mol. The molecule has 0 radical (unpaired) electrons. The zero-order valence-corrected chi connectivity index (χ0v) is 19.9. The van der Waals surface area contributed by atoms with Gasteiger partial charge in [0.2, 0.25) is 10.0 Å². The van der Waals surface area contributed by atoms with E-state index in [2.05, 4.69) is 41.4 Å². The number of sulfonamides is 1. The van der Waals surface area contributed by atoms with Gasteiger partial charge in [-0.15, -0.1) is 0 Å². The summed E-state index contributed by atoms with van der Waals surface area (Å²) in [6.45, 7) is 8.21. The van der Waals surface area contributed by atoms with E-state index < -0.39 is 10.0 Å². The molecule has 0 spiro atoms. The van der Waals surface area contributed by atoms with Crippen LogP contribution in [0.25, 0.3) is 0 Å². The topological polar surface area (TPSA) is 69.7 Å². The Morgan fingerprint density at radius 3 is 2.32 bits per heavy atom. The summed E-state index contributed by atoms with van der Waals surface area (Å²) in [5, 5.41) is 3.04. The van der Waals surface area contributed by atoms with Gasteiger partial charge in [-0.25, -0.2) is 8.42 Å². The summed E-state index contributed by atoms with van der Waals surface area (Å²) in [5.41, 5.74) is 3.86. The maximum absolute atomic E-state index is 12.9. The number of rotatable bonds is 6. The molecule has 0 aliphatic carbocycles. The van der Waals surface area contributed by atoms with Crippen LogP contribution in [0.3, 0.4) is 0 Å². The van der Waals surface area contributed by atoms with Crippen molar-refractivity contribution in [3.05, 3.63) is 59.2 Å². The van der Waals surface area contributed by atoms with Crippen molar-refractivity contribution in [1.29, 1.82) is 0 Å². The van der Waals surface area contributed by atoms with Gasteiger partial charge in [0.25, 0.3) is 5.91 Å². The molecule has 6 nitrogen and oxygen atoms in total. The monoisotopic (exact) mass is 443 g/mol. The minimum absolute atomic E-state index is 0.168. The van der Waals surface area contributed by atoms with E-state index in [9.17, 15) is 13.2 Å². The lowest BCUT2D eigenvalue weighted by atomic mass is 9.98. The minimum Gasteiger partial charge on any atom is -0.372 e. The third-order valence-electron chi connectivity index (χ3n) is 6.28. The highest BCUT2D eigenvalue weighted by molar-refractivity contribution is 7.92. The normalized spacial score (nSPS) is 16.1. The highest BCUT2D eigenvalue weighted by atomic mass is 32.2. The SMILES string of the molecule is Cc1c(C(=O)NC(C)c2ccc(N3CCC(C)CC3)cc2)cccc1N(C)S(C)(=O)=O. The van der Waals surface area contributed by atoms with Gasteiger partial charge in [0.15, 0.2) is 0 Å². The predicted molar refractivity (Wildman–Crippen MR) is 127 cm³/mol. The first kappa shape index (κ1) is 23.1. The van der Waals surface area contributed by atoms with Gasteiger partial charge in [-0.3, -0.25) is 9.10 Å². The van der Waals surface area contributed by atoms with Gasteiger partial charge < -0.3 is 10.2 Å². The molecule has 1 N–H and O–H groups in total. The molecule has 0 bridgehead atoms. The number of anilines is 2. The first-order chi connectivity index (χ1) is 14.6. The molecule has 1 fully saturated rings. The van der Waals surface area contributed by atoms with Gasteiger partial charge in [-0.2, -0.15) is 0 Å². The maximum atomic E-state index is 12.9. The summed E-state index contributed by atoms with van der Waals surface area (Å²) in [5.74, 6) is 0.577. The van der Waals surface area contributed by atoms with Gasteiger partial charge in [-0.1, -0.05) is 25.1 Å². The maximum Gasteiger partial charge on any atom is 0.252 e. The van der Waals surface area contributed by atoms with E-state index in [4.69, 9.17) is 0 Å². The fraction of sp³-hybridized carbons (Fsp3) is 0.458. The van der Waals surface area contributed by atoms with E-state index in [-0.39, 0.29) is 11.9 Å². The van der Waals surface area contributed by atoms with E-state index in [1.807, 2.05) is 6.92 Å². The Bertz CT molecular complexity index is 1030. The fourth-order valence-corrected chi connectivity index (χ4v) is 4.54. The van der Waals surface area contributed by atoms with Crippen LogP contribution in [-0.4, -0.2) is 40.7 Å². The Morgan fingerprint density at radius 2 is 1.74 bits per heavy atom. The van der Waals surface area contributed by atoms with Crippen LogP contribution in [0.1, 0.15) is 54.2 Å². The first-order valence-corrected chi connectivity index (χ1v) is 12.6. The second-order valence-corrected chi connectivity index (χ2v) is 10.7.